The molecule has 0 aromatic heterocycles. The van der Waals surface area contributed by atoms with Gasteiger partial charge in [-0.05, 0) is 41.5 Å². The van der Waals surface area contributed by atoms with Gasteiger partial charge in [0.1, 0.15) is 7.43 Å². The minimum Gasteiger partial charge on any atom is -0.256 e. The summed E-state index contributed by atoms with van der Waals surface area (Å²) in [6, 6.07) is 0. The van der Waals surface area contributed by atoms with Crippen molar-refractivity contribution >= 4 is 53.5 Å². The van der Waals surface area contributed by atoms with E-state index in [9.17, 15) is 0 Å². The number of rotatable bonds is 1. The van der Waals surface area contributed by atoms with Crippen LogP contribution in [0.1, 0.15) is 41.5 Å². The highest BCUT2D eigenvalue weighted by atomic mass is 35.7. The van der Waals surface area contributed by atoms with Gasteiger partial charge < -0.3 is 0 Å². The molecular formula is C9H18Cl4NP. The van der Waals surface area contributed by atoms with Gasteiger partial charge in [0.25, 0.3) is 0 Å². The molecule has 0 amide bonds. The third kappa shape index (κ3) is 5.15. The van der Waals surface area contributed by atoms with Gasteiger partial charge in [0, 0.05) is 11.1 Å². The van der Waals surface area contributed by atoms with E-state index in [0.717, 1.165) is 0 Å². The van der Waals surface area contributed by atoms with Crippen molar-refractivity contribution in [2.45, 2.75) is 56.2 Å². The second-order valence-electron chi connectivity index (χ2n) is 5.38. The standard InChI is InChI=1S/C9H18Cl4NP/c1-7(2,3)14(8(4,5)6)15(13)9(10,11)12/h1-6H3. The predicted molar refractivity (Wildman–Crippen MR) is 74.4 cm³/mol. The summed E-state index contributed by atoms with van der Waals surface area (Å²) < 4.78 is 0.626. The van der Waals surface area contributed by atoms with Crippen molar-refractivity contribution in [3.05, 3.63) is 0 Å². The van der Waals surface area contributed by atoms with Gasteiger partial charge in [0.05, 0.1) is 0 Å². The van der Waals surface area contributed by atoms with Crippen LogP contribution in [0.3, 0.4) is 0 Å². The number of hydrogen-bond acceptors (Lipinski definition) is 1. The van der Waals surface area contributed by atoms with E-state index in [0.29, 0.717) is 0 Å². The summed E-state index contributed by atoms with van der Waals surface area (Å²) in [5.41, 5.74) is -0.286. The SMILES string of the molecule is CC(C)(C)N(P(Cl)C(Cl)(Cl)Cl)C(C)(C)C. The minimum atomic E-state index is -1.43. The summed E-state index contributed by atoms with van der Waals surface area (Å²) in [4.78, 5) is 0. The highest BCUT2D eigenvalue weighted by Gasteiger charge is 2.45. The maximum absolute atomic E-state index is 6.29. The Balaban J connectivity index is 5.16. The van der Waals surface area contributed by atoms with Crippen LogP contribution in [0.5, 0.6) is 0 Å². The van der Waals surface area contributed by atoms with Gasteiger partial charge in [0.15, 0.2) is 0 Å². The summed E-state index contributed by atoms with van der Waals surface area (Å²) in [6.45, 7) is 12.4. The Bertz CT molecular complexity index is 200. The summed E-state index contributed by atoms with van der Waals surface area (Å²) in [5.74, 6) is 0. The molecule has 0 aromatic carbocycles. The lowest BCUT2D eigenvalue weighted by atomic mass is 10.0. The molecule has 0 aromatic rings. The summed E-state index contributed by atoms with van der Waals surface area (Å²) in [5, 5.41) is 0. The molecule has 92 valence electrons. The average Bonchev–Trinajstić information content (AvgIpc) is 1.76. The van der Waals surface area contributed by atoms with E-state index in [1.165, 1.54) is 0 Å². The quantitative estimate of drug-likeness (QED) is 0.439. The Kier molecular flexibility index (Phi) is 5.56. The van der Waals surface area contributed by atoms with Crippen LogP contribution in [-0.4, -0.2) is 19.3 Å². The molecule has 0 aliphatic rings. The molecule has 0 saturated heterocycles. The zero-order chi connectivity index (χ0) is 12.7. The minimum absolute atomic E-state index is 0.143. The van der Waals surface area contributed by atoms with E-state index in [4.69, 9.17) is 46.0 Å². The van der Waals surface area contributed by atoms with Crippen LogP contribution in [-0.2, 0) is 0 Å². The zero-order valence-corrected chi connectivity index (χ0v) is 13.8. The smallest absolute Gasteiger partial charge is 0.236 e. The Hall–Kier alpha value is 1.55. The summed E-state index contributed by atoms with van der Waals surface area (Å²) in [7, 11) is -1.36. The maximum Gasteiger partial charge on any atom is 0.236 e. The molecule has 0 bridgehead atoms. The molecule has 15 heavy (non-hydrogen) atoms. The Morgan fingerprint density at radius 3 is 1.13 bits per heavy atom. The maximum atomic E-state index is 6.29. The highest BCUT2D eigenvalue weighted by molar-refractivity contribution is 7.87. The molecule has 0 heterocycles. The molecule has 0 fully saturated rings. The number of nitrogens with zero attached hydrogens (tertiary/aromatic N) is 1. The lowest BCUT2D eigenvalue weighted by Crippen LogP contribution is -2.49. The first-order valence-corrected chi connectivity index (χ1v) is 7.94. The lowest BCUT2D eigenvalue weighted by Gasteiger charge is -2.48. The first-order valence-electron chi connectivity index (χ1n) is 4.61. The first kappa shape index (κ1) is 16.6. The van der Waals surface area contributed by atoms with Gasteiger partial charge >= 0.3 is 0 Å². The molecule has 0 saturated carbocycles. The van der Waals surface area contributed by atoms with E-state index < -0.39 is 11.0 Å². The van der Waals surface area contributed by atoms with E-state index in [2.05, 4.69) is 46.2 Å². The zero-order valence-electron chi connectivity index (χ0n) is 9.91. The van der Waals surface area contributed by atoms with Crippen molar-refractivity contribution in [2.75, 3.05) is 0 Å². The van der Waals surface area contributed by atoms with Crippen molar-refractivity contribution in [1.82, 2.24) is 4.67 Å². The van der Waals surface area contributed by atoms with E-state index in [1.54, 1.807) is 0 Å². The Labute approximate surface area is 114 Å². The predicted octanol–water partition coefficient (Wildman–Crippen LogP) is 5.76. The van der Waals surface area contributed by atoms with Gasteiger partial charge in [-0.2, -0.15) is 0 Å². The van der Waals surface area contributed by atoms with Crippen LogP contribution in [0, 0.1) is 0 Å². The molecule has 0 aliphatic carbocycles. The van der Waals surface area contributed by atoms with Crippen molar-refractivity contribution in [3.8, 4) is 0 Å². The largest absolute Gasteiger partial charge is 0.256 e. The third-order valence-electron chi connectivity index (χ3n) is 1.66. The summed E-state index contributed by atoms with van der Waals surface area (Å²) in [6.07, 6.45) is 0. The van der Waals surface area contributed by atoms with Crippen molar-refractivity contribution in [3.63, 3.8) is 0 Å². The second-order valence-corrected chi connectivity index (χ2v) is 11.0. The van der Waals surface area contributed by atoms with E-state index >= 15 is 0 Å². The topological polar surface area (TPSA) is 3.24 Å². The number of halogens is 4. The molecule has 0 N–H and O–H groups in total. The summed E-state index contributed by atoms with van der Waals surface area (Å²) >= 11 is 23.9. The van der Waals surface area contributed by atoms with Crippen LogP contribution < -0.4 is 0 Å². The van der Waals surface area contributed by atoms with Crippen LogP contribution in [0.15, 0.2) is 0 Å². The van der Waals surface area contributed by atoms with Gasteiger partial charge in [-0.3, -0.25) is 4.67 Å². The second kappa shape index (κ2) is 5.04. The molecule has 1 atom stereocenters. The Morgan fingerprint density at radius 1 is 0.800 bits per heavy atom. The van der Waals surface area contributed by atoms with Crippen LogP contribution in [0.4, 0.5) is 0 Å². The third-order valence-corrected chi connectivity index (χ3v) is 7.06. The Morgan fingerprint density at radius 2 is 1.07 bits per heavy atom. The van der Waals surface area contributed by atoms with Gasteiger partial charge in [-0.15, -0.1) is 0 Å². The number of alkyl halides is 3. The van der Waals surface area contributed by atoms with Crippen molar-refractivity contribution in [1.29, 1.82) is 0 Å². The first-order chi connectivity index (χ1) is 6.28. The van der Waals surface area contributed by atoms with Gasteiger partial charge in [-0.25, -0.2) is 0 Å². The fourth-order valence-electron chi connectivity index (χ4n) is 1.65. The van der Waals surface area contributed by atoms with Crippen molar-refractivity contribution < 1.29 is 0 Å². The van der Waals surface area contributed by atoms with Crippen LogP contribution in [0.25, 0.3) is 0 Å². The molecule has 0 aliphatic heterocycles. The molecular weight excluding hydrogens is 295 g/mol. The van der Waals surface area contributed by atoms with Crippen LogP contribution >= 0.6 is 53.5 Å². The normalized spacial score (nSPS) is 17.0. The average molecular weight is 313 g/mol. The lowest BCUT2D eigenvalue weighted by molar-refractivity contribution is 0.150. The van der Waals surface area contributed by atoms with Gasteiger partial charge in [0.2, 0.25) is 3.53 Å². The molecule has 1 nitrogen and oxygen atoms in total. The van der Waals surface area contributed by atoms with E-state index in [1.807, 2.05) is 0 Å². The van der Waals surface area contributed by atoms with E-state index in [-0.39, 0.29) is 11.1 Å². The highest BCUT2D eigenvalue weighted by Crippen LogP contribution is 2.67. The molecule has 1 unspecified atom stereocenters. The fourth-order valence-corrected chi connectivity index (χ4v) is 4.97. The van der Waals surface area contributed by atoms with Gasteiger partial charge in [-0.1, -0.05) is 46.0 Å². The van der Waals surface area contributed by atoms with Crippen molar-refractivity contribution in [2.24, 2.45) is 0 Å². The number of hydrogen-bond donors (Lipinski definition) is 0. The molecule has 0 radical (unpaired) electrons. The monoisotopic (exact) mass is 311 g/mol. The molecule has 0 spiro atoms. The van der Waals surface area contributed by atoms with Crippen LogP contribution in [0.2, 0.25) is 0 Å². The molecule has 0 rings (SSSR count). The fraction of sp³-hybridized carbons (Fsp3) is 1.00. The molecule has 6 heteroatoms.